The molecule has 0 unspecified atom stereocenters. The van der Waals surface area contributed by atoms with E-state index in [4.69, 9.17) is 0 Å². The molecule has 50 heavy (non-hydrogen) atoms. The van der Waals surface area contributed by atoms with Crippen molar-refractivity contribution in [1.82, 2.24) is 0 Å². The Morgan fingerprint density at radius 2 is 0.300 bits per heavy atom. The molecule has 224 valence electrons. The minimum Gasteiger partial charge on any atom is -0.0610 e. The van der Waals surface area contributed by atoms with Crippen LogP contribution in [0.4, 0.5) is 0 Å². The first-order valence-corrected chi connectivity index (χ1v) is 17.7. The van der Waals surface area contributed by atoms with E-state index in [1.54, 1.807) is 0 Å². The normalized spacial score (nSPS) is 13.2. The van der Waals surface area contributed by atoms with Crippen LogP contribution in [0.1, 0.15) is 0 Å². The summed E-state index contributed by atoms with van der Waals surface area (Å²) in [4.78, 5) is 0. The molecule has 0 radical (unpaired) electrons. The maximum atomic E-state index is 2.42. The van der Waals surface area contributed by atoms with E-state index in [1.165, 1.54) is 140 Å². The molecular weight excluding hydrogens is 601 g/mol. The average molecular weight is 625 g/mol. The Kier molecular flexibility index (Phi) is 3.95. The van der Waals surface area contributed by atoms with E-state index < -0.39 is 0 Å². The quantitative estimate of drug-likeness (QED) is 0.116. The summed E-state index contributed by atoms with van der Waals surface area (Å²) in [6.45, 7) is 0. The van der Waals surface area contributed by atoms with Crippen LogP contribution in [0, 0.1) is 0 Å². The Hall–Kier alpha value is -6.50. The predicted octanol–water partition coefficient (Wildman–Crippen LogP) is 14.4. The van der Waals surface area contributed by atoms with Gasteiger partial charge >= 0.3 is 0 Å². The molecule has 0 spiro atoms. The fraction of sp³-hybridized carbons (Fsp3) is 0. The van der Waals surface area contributed by atoms with Gasteiger partial charge in [-0.05, 0) is 140 Å². The first-order chi connectivity index (χ1) is 24.8. The summed E-state index contributed by atoms with van der Waals surface area (Å²) in [7, 11) is 0. The van der Waals surface area contributed by atoms with Crippen molar-refractivity contribution < 1.29 is 0 Å². The highest BCUT2D eigenvalue weighted by atomic mass is 14.3. The van der Waals surface area contributed by atoms with Crippen LogP contribution in [-0.4, -0.2) is 0 Å². The van der Waals surface area contributed by atoms with Gasteiger partial charge in [-0.2, -0.15) is 0 Å². The summed E-state index contributed by atoms with van der Waals surface area (Å²) in [5, 5.41) is 35.3. The van der Waals surface area contributed by atoms with Crippen LogP contribution >= 0.6 is 0 Å². The van der Waals surface area contributed by atoms with Crippen LogP contribution in [0.2, 0.25) is 0 Å². The van der Waals surface area contributed by atoms with Crippen LogP contribution in [-0.2, 0) is 0 Å². The Labute approximate surface area is 284 Å². The Bertz CT molecular complexity index is 3330. The first kappa shape index (κ1) is 24.6. The smallest absolute Gasteiger partial charge is 0.00139 e. The molecule has 0 saturated heterocycles. The number of hydrogen-bond acceptors (Lipinski definition) is 0. The van der Waals surface area contributed by atoms with Gasteiger partial charge in [0.1, 0.15) is 0 Å². The molecule has 0 aliphatic rings. The first-order valence-electron chi connectivity index (χ1n) is 17.7. The molecule has 0 aliphatic carbocycles. The van der Waals surface area contributed by atoms with E-state index in [2.05, 4.69) is 146 Å². The molecular formula is C50H24. The highest BCUT2D eigenvalue weighted by molar-refractivity contribution is 6.48. The van der Waals surface area contributed by atoms with E-state index in [0.717, 1.165) is 0 Å². The monoisotopic (exact) mass is 624 g/mol. The van der Waals surface area contributed by atoms with Gasteiger partial charge in [0.05, 0.1) is 0 Å². The second-order valence-electron chi connectivity index (χ2n) is 14.6. The second kappa shape index (κ2) is 8.03. The lowest BCUT2D eigenvalue weighted by molar-refractivity contribution is 1.80. The maximum Gasteiger partial charge on any atom is -0.00139 e. The molecule has 0 heteroatoms. The lowest BCUT2D eigenvalue weighted by atomic mass is 9.80. The standard InChI is InChI=1S/C50H24/c1-5-25-6-2-10-28-32-14-18-36-40-22-24-42-38-20-16-34-30-12-4-8-26-7-3-11-29(44(26)30)33-15-19-37(48(38)46(33)34)41-23-21-39(49(40)50(41)42)35-17-13-31(45(32)47(35)36)27(9-1)43(25)28/h1-24H. The van der Waals surface area contributed by atoms with Crippen molar-refractivity contribution in [2.24, 2.45) is 0 Å². The minimum absolute atomic E-state index is 1.31. The number of rotatable bonds is 0. The fourth-order valence-electron chi connectivity index (χ4n) is 10.8. The van der Waals surface area contributed by atoms with Crippen molar-refractivity contribution in [2.75, 3.05) is 0 Å². The minimum atomic E-state index is 1.31. The summed E-state index contributed by atoms with van der Waals surface area (Å²) >= 11 is 0. The zero-order chi connectivity index (χ0) is 32.0. The zero-order valence-corrected chi connectivity index (χ0v) is 26.9. The SMILES string of the molecule is c1cc2cccc3c4ccc5c6ccc7c8ccc9c%10cccc%11cccc(c%12ccc(c%13ccc(c%14ccc(c(c1)c23)c4c%145)c6c%137)c8c%129)c%11%10. The van der Waals surface area contributed by atoms with Crippen molar-refractivity contribution >= 4 is 140 Å². The van der Waals surface area contributed by atoms with Crippen LogP contribution < -0.4 is 0 Å². The van der Waals surface area contributed by atoms with Crippen molar-refractivity contribution in [1.29, 1.82) is 0 Å². The molecule has 0 fully saturated rings. The molecule has 0 atom stereocenters. The summed E-state index contributed by atoms with van der Waals surface area (Å²) in [5.41, 5.74) is 0. The van der Waals surface area contributed by atoms with Gasteiger partial charge in [-0.25, -0.2) is 0 Å². The van der Waals surface area contributed by atoms with Crippen molar-refractivity contribution in [3.8, 4) is 0 Å². The van der Waals surface area contributed by atoms with Crippen LogP contribution in [0.3, 0.4) is 0 Å². The number of fused-ring (bicyclic) bond motifs is 8. The number of benzene rings is 14. The largest absolute Gasteiger partial charge is 0.0610 e. The van der Waals surface area contributed by atoms with E-state index in [9.17, 15) is 0 Å². The lowest BCUT2D eigenvalue weighted by Gasteiger charge is -2.22. The third-order valence-electron chi connectivity index (χ3n) is 12.6. The van der Waals surface area contributed by atoms with Crippen LogP contribution in [0.15, 0.2) is 146 Å². The molecule has 0 nitrogen and oxygen atoms in total. The van der Waals surface area contributed by atoms with E-state index in [-0.39, 0.29) is 0 Å². The average Bonchev–Trinajstić information content (AvgIpc) is 3.17. The molecule has 14 aromatic carbocycles. The van der Waals surface area contributed by atoms with Gasteiger partial charge in [0, 0.05) is 0 Å². The van der Waals surface area contributed by atoms with E-state index in [0.29, 0.717) is 0 Å². The Morgan fingerprint density at radius 1 is 0.140 bits per heavy atom. The van der Waals surface area contributed by atoms with Gasteiger partial charge < -0.3 is 0 Å². The van der Waals surface area contributed by atoms with Crippen LogP contribution in [0.5, 0.6) is 0 Å². The molecule has 0 bridgehead atoms. The highest BCUT2D eigenvalue weighted by Gasteiger charge is 2.23. The van der Waals surface area contributed by atoms with Gasteiger partial charge in [-0.15, -0.1) is 0 Å². The predicted molar refractivity (Wildman–Crippen MR) is 219 cm³/mol. The summed E-state index contributed by atoms with van der Waals surface area (Å²) in [6.07, 6.45) is 0. The summed E-state index contributed by atoms with van der Waals surface area (Å²) in [6, 6.07) is 56.0. The molecule has 14 rings (SSSR count). The van der Waals surface area contributed by atoms with Gasteiger partial charge in [-0.1, -0.05) is 146 Å². The highest BCUT2D eigenvalue weighted by Crippen LogP contribution is 2.52. The van der Waals surface area contributed by atoms with Gasteiger partial charge in [0.2, 0.25) is 0 Å². The molecule has 0 aliphatic heterocycles. The molecule has 0 aromatic heterocycles. The molecule has 0 amide bonds. The third kappa shape index (κ3) is 2.55. The fourth-order valence-corrected chi connectivity index (χ4v) is 10.8. The Balaban J connectivity index is 1.20. The number of hydrogen-bond donors (Lipinski definition) is 0. The Morgan fingerprint density at radius 3 is 0.480 bits per heavy atom. The van der Waals surface area contributed by atoms with Crippen molar-refractivity contribution in [3.05, 3.63) is 146 Å². The maximum absolute atomic E-state index is 2.42. The molecule has 14 aromatic rings. The zero-order valence-electron chi connectivity index (χ0n) is 26.9. The third-order valence-corrected chi connectivity index (χ3v) is 12.6. The van der Waals surface area contributed by atoms with Crippen molar-refractivity contribution in [2.45, 2.75) is 0 Å². The molecule has 0 saturated carbocycles. The van der Waals surface area contributed by atoms with Gasteiger partial charge in [0.25, 0.3) is 0 Å². The van der Waals surface area contributed by atoms with Crippen molar-refractivity contribution in [3.63, 3.8) is 0 Å². The molecule has 0 heterocycles. The van der Waals surface area contributed by atoms with Gasteiger partial charge in [0.15, 0.2) is 0 Å². The summed E-state index contributed by atoms with van der Waals surface area (Å²) in [5.74, 6) is 0. The lowest BCUT2D eigenvalue weighted by Crippen LogP contribution is -1.94. The van der Waals surface area contributed by atoms with Gasteiger partial charge in [-0.3, -0.25) is 0 Å². The summed E-state index contributed by atoms with van der Waals surface area (Å²) < 4.78 is 0. The van der Waals surface area contributed by atoms with E-state index >= 15 is 0 Å². The van der Waals surface area contributed by atoms with E-state index in [1.807, 2.05) is 0 Å². The second-order valence-corrected chi connectivity index (χ2v) is 14.6. The molecule has 0 N–H and O–H groups in total. The van der Waals surface area contributed by atoms with Crippen LogP contribution in [0.25, 0.3) is 140 Å². The topological polar surface area (TPSA) is 0 Å².